The van der Waals surface area contributed by atoms with Gasteiger partial charge in [-0.3, -0.25) is 4.79 Å². The first-order valence-electron chi connectivity index (χ1n) is 6.43. The summed E-state index contributed by atoms with van der Waals surface area (Å²) < 4.78 is 2.54. The number of nitrogens with zero attached hydrogens (tertiary/aromatic N) is 2. The average molecular weight is 314 g/mol. The lowest BCUT2D eigenvalue weighted by Gasteiger charge is -2.32. The van der Waals surface area contributed by atoms with Gasteiger partial charge in [0.25, 0.3) is 0 Å². The van der Waals surface area contributed by atoms with E-state index in [-0.39, 0.29) is 5.43 Å². The average Bonchev–Trinajstić information content (AvgIpc) is 2.35. The molecule has 1 atom stereocenters. The summed E-state index contributed by atoms with van der Waals surface area (Å²) in [5.41, 5.74) is 5.87. The van der Waals surface area contributed by atoms with Gasteiger partial charge in [0.05, 0.1) is 10.2 Å². The molecule has 1 unspecified atom stereocenters. The lowest BCUT2D eigenvalue weighted by Crippen LogP contribution is -2.36. The lowest BCUT2D eigenvalue weighted by molar-refractivity contribution is 0.171. The van der Waals surface area contributed by atoms with Crippen molar-refractivity contribution in [2.45, 2.75) is 38.3 Å². The van der Waals surface area contributed by atoms with Gasteiger partial charge in [-0.15, -0.1) is 0 Å². The Morgan fingerprint density at radius 2 is 2.22 bits per heavy atom. The maximum absolute atomic E-state index is 11.5. The standard InChI is InChI=1S/C13H20BrN3O/c1-16-6-3-2-4-10(16)5-7-17-8-11(14)13(18)12(15)9-17/h8-10H,2-7,15H2,1H3. The predicted molar refractivity (Wildman–Crippen MR) is 77.7 cm³/mol. The fourth-order valence-corrected chi connectivity index (χ4v) is 3.04. The summed E-state index contributed by atoms with van der Waals surface area (Å²) in [6.07, 6.45) is 8.56. The van der Waals surface area contributed by atoms with Gasteiger partial charge in [-0.05, 0) is 48.8 Å². The fraction of sp³-hybridized carbons (Fsp3) is 0.615. The van der Waals surface area contributed by atoms with Crippen molar-refractivity contribution < 1.29 is 0 Å². The Kier molecular flexibility index (Phi) is 4.45. The third-order valence-electron chi connectivity index (χ3n) is 3.71. The van der Waals surface area contributed by atoms with Crippen molar-refractivity contribution in [2.75, 3.05) is 19.3 Å². The van der Waals surface area contributed by atoms with Crippen molar-refractivity contribution in [2.24, 2.45) is 0 Å². The summed E-state index contributed by atoms with van der Waals surface area (Å²) >= 11 is 3.25. The molecule has 2 N–H and O–H groups in total. The largest absolute Gasteiger partial charge is 0.394 e. The second kappa shape index (κ2) is 5.89. The zero-order chi connectivity index (χ0) is 13.1. The Bertz CT molecular complexity index is 446. The molecular weight excluding hydrogens is 294 g/mol. The normalized spacial score (nSPS) is 21.1. The zero-order valence-corrected chi connectivity index (χ0v) is 12.3. The van der Waals surface area contributed by atoms with Crippen LogP contribution in [0.1, 0.15) is 25.7 Å². The fourth-order valence-electron chi connectivity index (χ4n) is 2.55. The Balaban J connectivity index is 1.99. The quantitative estimate of drug-likeness (QED) is 0.929. The molecule has 0 spiro atoms. The smallest absolute Gasteiger partial charge is 0.218 e. The minimum atomic E-state index is -0.124. The van der Waals surface area contributed by atoms with Crippen LogP contribution >= 0.6 is 15.9 Å². The molecule has 18 heavy (non-hydrogen) atoms. The number of hydrogen-bond acceptors (Lipinski definition) is 3. The van der Waals surface area contributed by atoms with Gasteiger partial charge in [-0.25, -0.2) is 0 Å². The SMILES string of the molecule is CN1CCCCC1CCn1cc(N)c(=O)c(Br)c1. The topological polar surface area (TPSA) is 51.3 Å². The van der Waals surface area contributed by atoms with E-state index in [2.05, 4.69) is 27.9 Å². The van der Waals surface area contributed by atoms with Crippen LogP contribution < -0.4 is 11.2 Å². The number of nitrogens with two attached hydrogens (primary N) is 1. The molecule has 0 bridgehead atoms. The van der Waals surface area contributed by atoms with Crippen LogP contribution in [0.4, 0.5) is 5.69 Å². The van der Waals surface area contributed by atoms with Gasteiger partial charge in [0.2, 0.25) is 5.43 Å². The van der Waals surface area contributed by atoms with Crippen LogP contribution in [0.25, 0.3) is 0 Å². The number of pyridine rings is 1. The maximum atomic E-state index is 11.5. The first-order chi connectivity index (χ1) is 8.58. The minimum absolute atomic E-state index is 0.124. The number of likely N-dealkylation sites (tertiary alicyclic amines) is 1. The third-order valence-corrected chi connectivity index (χ3v) is 4.27. The summed E-state index contributed by atoms with van der Waals surface area (Å²) in [6.45, 7) is 2.10. The number of piperidine rings is 1. The van der Waals surface area contributed by atoms with E-state index in [1.165, 1.54) is 25.8 Å². The highest BCUT2D eigenvalue weighted by Crippen LogP contribution is 2.18. The van der Waals surface area contributed by atoms with E-state index >= 15 is 0 Å². The van der Waals surface area contributed by atoms with Crippen LogP contribution in [-0.4, -0.2) is 29.1 Å². The molecule has 1 saturated heterocycles. The molecule has 0 aliphatic carbocycles. The van der Waals surface area contributed by atoms with Gasteiger partial charge < -0.3 is 15.2 Å². The molecule has 1 aromatic heterocycles. The Hall–Kier alpha value is -0.810. The zero-order valence-electron chi connectivity index (χ0n) is 10.7. The number of aryl methyl sites for hydroxylation is 1. The molecule has 5 heteroatoms. The number of aromatic nitrogens is 1. The molecule has 0 radical (unpaired) electrons. The molecule has 0 amide bonds. The second-order valence-corrected chi connectivity index (χ2v) is 5.90. The van der Waals surface area contributed by atoms with Crippen molar-refractivity contribution in [1.82, 2.24) is 9.47 Å². The number of nitrogen functional groups attached to an aromatic ring is 1. The number of hydrogen-bond donors (Lipinski definition) is 1. The first-order valence-corrected chi connectivity index (χ1v) is 7.22. The Morgan fingerprint density at radius 3 is 2.89 bits per heavy atom. The van der Waals surface area contributed by atoms with E-state index in [0.29, 0.717) is 16.2 Å². The van der Waals surface area contributed by atoms with E-state index in [1.54, 1.807) is 6.20 Å². The highest BCUT2D eigenvalue weighted by molar-refractivity contribution is 9.10. The van der Waals surface area contributed by atoms with Gasteiger partial charge in [-0.2, -0.15) is 0 Å². The van der Waals surface area contributed by atoms with Crippen molar-refractivity contribution in [3.05, 3.63) is 27.1 Å². The molecule has 1 aliphatic heterocycles. The van der Waals surface area contributed by atoms with Crippen molar-refractivity contribution in [1.29, 1.82) is 0 Å². The summed E-state index contributed by atoms with van der Waals surface area (Å²) in [6, 6.07) is 0.651. The Labute approximate surface area is 116 Å². The van der Waals surface area contributed by atoms with E-state index in [4.69, 9.17) is 5.73 Å². The second-order valence-electron chi connectivity index (χ2n) is 5.05. The molecular formula is C13H20BrN3O. The van der Waals surface area contributed by atoms with Crippen LogP contribution in [0, 0.1) is 0 Å². The third kappa shape index (κ3) is 3.14. The number of anilines is 1. The summed E-state index contributed by atoms with van der Waals surface area (Å²) in [7, 11) is 2.19. The van der Waals surface area contributed by atoms with Gasteiger partial charge in [0.1, 0.15) is 0 Å². The summed E-state index contributed by atoms with van der Waals surface area (Å²) in [5.74, 6) is 0. The number of rotatable bonds is 3. The van der Waals surface area contributed by atoms with Crippen molar-refractivity contribution in [3.63, 3.8) is 0 Å². The van der Waals surface area contributed by atoms with Gasteiger partial charge >= 0.3 is 0 Å². The van der Waals surface area contributed by atoms with Gasteiger partial charge in [0, 0.05) is 25.0 Å². The number of halogens is 1. The van der Waals surface area contributed by atoms with Crippen molar-refractivity contribution in [3.8, 4) is 0 Å². The molecule has 1 aromatic rings. The molecule has 2 heterocycles. The van der Waals surface area contributed by atoms with Crippen molar-refractivity contribution >= 4 is 21.6 Å². The minimum Gasteiger partial charge on any atom is -0.394 e. The van der Waals surface area contributed by atoms with E-state index in [0.717, 1.165) is 13.0 Å². The highest BCUT2D eigenvalue weighted by Gasteiger charge is 2.18. The summed E-state index contributed by atoms with van der Waals surface area (Å²) in [4.78, 5) is 13.9. The molecule has 0 aromatic carbocycles. The monoisotopic (exact) mass is 313 g/mol. The van der Waals surface area contributed by atoms with Crippen LogP contribution in [0.2, 0.25) is 0 Å². The van der Waals surface area contributed by atoms with Crippen LogP contribution in [0.3, 0.4) is 0 Å². The molecule has 2 rings (SSSR count). The van der Waals surface area contributed by atoms with E-state index < -0.39 is 0 Å². The van der Waals surface area contributed by atoms with E-state index in [9.17, 15) is 4.79 Å². The first kappa shape index (κ1) is 13.6. The maximum Gasteiger partial charge on any atom is 0.218 e. The van der Waals surface area contributed by atoms with E-state index in [1.807, 2.05) is 10.8 Å². The van der Waals surface area contributed by atoms with Crippen LogP contribution in [0.5, 0.6) is 0 Å². The predicted octanol–water partition coefficient (Wildman–Crippen LogP) is 2.07. The Morgan fingerprint density at radius 1 is 1.44 bits per heavy atom. The molecule has 1 aliphatic rings. The molecule has 1 fully saturated rings. The molecule has 100 valence electrons. The highest BCUT2D eigenvalue weighted by atomic mass is 79.9. The van der Waals surface area contributed by atoms with Crippen LogP contribution in [0.15, 0.2) is 21.7 Å². The molecule has 0 saturated carbocycles. The van der Waals surface area contributed by atoms with Gasteiger partial charge in [0.15, 0.2) is 0 Å². The molecule has 4 nitrogen and oxygen atoms in total. The lowest BCUT2D eigenvalue weighted by atomic mass is 10.0. The van der Waals surface area contributed by atoms with Crippen LogP contribution in [-0.2, 0) is 6.54 Å². The van der Waals surface area contributed by atoms with Gasteiger partial charge in [-0.1, -0.05) is 6.42 Å². The summed E-state index contributed by atoms with van der Waals surface area (Å²) in [5, 5.41) is 0.